The van der Waals surface area contributed by atoms with Crippen LogP contribution in [-0.2, 0) is 29.5 Å². The number of nitrogens with zero attached hydrogens (tertiary/aromatic N) is 3. The highest BCUT2D eigenvalue weighted by Gasteiger charge is 2.28. The van der Waals surface area contributed by atoms with E-state index >= 15 is 0 Å². The molecule has 1 fully saturated rings. The Labute approximate surface area is 146 Å². The molecule has 8 heteroatoms. The zero-order valence-corrected chi connectivity index (χ0v) is 15.0. The predicted molar refractivity (Wildman–Crippen MR) is 93.6 cm³/mol. The topological polar surface area (TPSA) is 72.3 Å². The number of amides is 2. The molecule has 126 valence electrons. The molecule has 0 unspecified atom stereocenters. The van der Waals surface area contributed by atoms with Gasteiger partial charge in [0.15, 0.2) is 5.16 Å². The summed E-state index contributed by atoms with van der Waals surface area (Å²) in [7, 11) is 1.74. The number of carbonyl (C=O) groups is 2. The third-order valence-corrected chi connectivity index (χ3v) is 6.80. The highest BCUT2D eigenvalue weighted by molar-refractivity contribution is 7.99. The van der Waals surface area contributed by atoms with Crippen molar-refractivity contribution in [3.63, 3.8) is 0 Å². The highest BCUT2D eigenvalue weighted by atomic mass is 32.2. The SMILES string of the molecule is Cn1c(SCCN2C(=O)CCC2=O)nc2sc3c(c2c1=O)CCC3. The number of rotatable bonds is 4. The Kier molecular flexibility index (Phi) is 3.96. The van der Waals surface area contributed by atoms with Gasteiger partial charge in [0.25, 0.3) is 5.56 Å². The lowest BCUT2D eigenvalue weighted by molar-refractivity contribution is -0.137. The van der Waals surface area contributed by atoms with E-state index in [0.717, 1.165) is 29.5 Å². The number of aromatic nitrogens is 2. The van der Waals surface area contributed by atoms with Gasteiger partial charge in [0.2, 0.25) is 11.8 Å². The lowest BCUT2D eigenvalue weighted by Gasteiger charge is -2.13. The van der Waals surface area contributed by atoms with E-state index in [1.807, 2.05) is 0 Å². The van der Waals surface area contributed by atoms with Gasteiger partial charge in [-0.05, 0) is 24.8 Å². The molecule has 2 amide bonds. The van der Waals surface area contributed by atoms with Gasteiger partial charge in [-0.15, -0.1) is 11.3 Å². The molecule has 4 rings (SSSR count). The van der Waals surface area contributed by atoms with E-state index in [1.165, 1.54) is 27.1 Å². The molecule has 1 saturated heterocycles. The van der Waals surface area contributed by atoms with E-state index in [1.54, 1.807) is 23.0 Å². The molecule has 24 heavy (non-hydrogen) atoms. The van der Waals surface area contributed by atoms with Gasteiger partial charge in [-0.25, -0.2) is 4.98 Å². The number of likely N-dealkylation sites (tertiary alicyclic amines) is 1. The van der Waals surface area contributed by atoms with E-state index < -0.39 is 0 Å². The minimum Gasteiger partial charge on any atom is -0.290 e. The number of thiophene rings is 1. The average molecular weight is 363 g/mol. The second-order valence-electron chi connectivity index (χ2n) is 6.08. The van der Waals surface area contributed by atoms with Crippen LogP contribution in [0.3, 0.4) is 0 Å². The maximum atomic E-state index is 12.7. The Balaban J connectivity index is 1.57. The third-order valence-electron chi connectivity index (χ3n) is 4.61. The molecule has 2 aliphatic rings. The number of hydrogen-bond acceptors (Lipinski definition) is 6. The highest BCUT2D eigenvalue weighted by Crippen LogP contribution is 2.35. The first-order valence-corrected chi connectivity index (χ1v) is 9.83. The molecule has 0 radical (unpaired) electrons. The van der Waals surface area contributed by atoms with Gasteiger partial charge in [-0.3, -0.25) is 23.9 Å². The van der Waals surface area contributed by atoms with E-state index in [0.29, 0.717) is 30.3 Å². The maximum Gasteiger partial charge on any atom is 0.262 e. The monoisotopic (exact) mass is 363 g/mol. The van der Waals surface area contributed by atoms with Gasteiger partial charge in [0, 0.05) is 37.1 Å². The maximum absolute atomic E-state index is 12.7. The number of carbonyl (C=O) groups excluding carboxylic acids is 2. The van der Waals surface area contributed by atoms with Crippen LogP contribution < -0.4 is 5.56 Å². The Hall–Kier alpha value is -1.67. The molecular formula is C16H17N3O3S2. The van der Waals surface area contributed by atoms with Gasteiger partial charge in [0.1, 0.15) is 4.83 Å². The first kappa shape index (κ1) is 15.8. The van der Waals surface area contributed by atoms with Crippen molar-refractivity contribution in [3.8, 4) is 0 Å². The molecule has 6 nitrogen and oxygen atoms in total. The lowest BCUT2D eigenvalue weighted by Crippen LogP contribution is -2.31. The number of aryl methyl sites for hydroxylation is 2. The molecule has 0 aromatic carbocycles. The van der Waals surface area contributed by atoms with Crippen LogP contribution >= 0.6 is 23.1 Å². The van der Waals surface area contributed by atoms with Crippen molar-refractivity contribution in [2.24, 2.45) is 7.05 Å². The zero-order chi connectivity index (χ0) is 16.8. The van der Waals surface area contributed by atoms with E-state index in [-0.39, 0.29) is 17.4 Å². The van der Waals surface area contributed by atoms with Crippen molar-refractivity contribution in [2.75, 3.05) is 12.3 Å². The lowest BCUT2D eigenvalue weighted by atomic mass is 10.2. The largest absolute Gasteiger partial charge is 0.290 e. The van der Waals surface area contributed by atoms with Crippen LogP contribution in [-0.4, -0.2) is 38.6 Å². The second kappa shape index (κ2) is 6.00. The van der Waals surface area contributed by atoms with E-state index in [4.69, 9.17) is 0 Å². The fraction of sp³-hybridized carbons (Fsp3) is 0.500. The summed E-state index contributed by atoms with van der Waals surface area (Å²) in [6, 6.07) is 0. The first-order valence-electron chi connectivity index (χ1n) is 8.03. The Morgan fingerprint density at radius 2 is 1.88 bits per heavy atom. The molecule has 1 aliphatic carbocycles. The molecule has 0 spiro atoms. The van der Waals surface area contributed by atoms with Gasteiger partial charge >= 0.3 is 0 Å². The molecule has 2 aromatic heterocycles. The molecule has 0 saturated carbocycles. The summed E-state index contributed by atoms with van der Waals surface area (Å²) in [5.41, 5.74) is 1.20. The minimum atomic E-state index is -0.104. The van der Waals surface area contributed by atoms with Crippen molar-refractivity contribution >= 4 is 45.1 Å². The van der Waals surface area contributed by atoms with Crippen LogP contribution in [0.1, 0.15) is 29.7 Å². The first-order chi connectivity index (χ1) is 11.6. The number of thioether (sulfide) groups is 1. The summed E-state index contributed by atoms with van der Waals surface area (Å²) in [5, 5.41) is 1.43. The van der Waals surface area contributed by atoms with Crippen LogP contribution in [0.4, 0.5) is 0 Å². The van der Waals surface area contributed by atoms with Crippen LogP contribution in [0.25, 0.3) is 10.2 Å². The molecule has 0 bridgehead atoms. The smallest absolute Gasteiger partial charge is 0.262 e. The molecule has 0 N–H and O–H groups in total. The fourth-order valence-corrected chi connectivity index (χ4v) is 5.53. The van der Waals surface area contributed by atoms with Crippen molar-refractivity contribution < 1.29 is 9.59 Å². The second-order valence-corrected chi connectivity index (χ2v) is 8.23. The summed E-state index contributed by atoms with van der Waals surface area (Å²) in [5.74, 6) is 0.342. The van der Waals surface area contributed by atoms with Crippen LogP contribution in [0, 0.1) is 0 Å². The van der Waals surface area contributed by atoms with Gasteiger partial charge in [0.05, 0.1) is 5.39 Å². The Morgan fingerprint density at radius 3 is 2.62 bits per heavy atom. The van der Waals surface area contributed by atoms with Crippen molar-refractivity contribution in [3.05, 3.63) is 20.8 Å². The van der Waals surface area contributed by atoms with E-state index in [9.17, 15) is 14.4 Å². The third kappa shape index (κ3) is 2.48. The van der Waals surface area contributed by atoms with Crippen LogP contribution in [0.2, 0.25) is 0 Å². The van der Waals surface area contributed by atoms with Crippen molar-refractivity contribution in [2.45, 2.75) is 37.3 Å². The van der Waals surface area contributed by atoms with Crippen LogP contribution in [0.15, 0.2) is 9.95 Å². The summed E-state index contributed by atoms with van der Waals surface area (Å²) < 4.78 is 1.59. The summed E-state index contributed by atoms with van der Waals surface area (Å²) in [6.45, 7) is 0.372. The summed E-state index contributed by atoms with van der Waals surface area (Å²) in [6.07, 6.45) is 3.76. The predicted octanol–water partition coefficient (Wildman–Crippen LogP) is 1.72. The van der Waals surface area contributed by atoms with Crippen molar-refractivity contribution in [1.29, 1.82) is 0 Å². The molecule has 0 atom stereocenters. The normalized spacial score (nSPS) is 17.3. The Morgan fingerprint density at radius 1 is 1.12 bits per heavy atom. The zero-order valence-electron chi connectivity index (χ0n) is 13.3. The average Bonchev–Trinajstić information content (AvgIpc) is 3.21. The molecule has 3 heterocycles. The van der Waals surface area contributed by atoms with Gasteiger partial charge in [-0.2, -0.15) is 0 Å². The Bertz CT molecular complexity index is 899. The fourth-order valence-electron chi connectivity index (χ4n) is 3.34. The van der Waals surface area contributed by atoms with E-state index in [2.05, 4.69) is 4.98 Å². The van der Waals surface area contributed by atoms with Crippen molar-refractivity contribution in [1.82, 2.24) is 14.5 Å². The quantitative estimate of drug-likeness (QED) is 0.470. The van der Waals surface area contributed by atoms with Gasteiger partial charge < -0.3 is 0 Å². The van der Waals surface area contributed by atoms with Gasteiger partial charge in [-0.1, -0.05) is 11.8 Å². The number of hydrogen-bond donors (Lipinski definition) is 0. The standard InChI is InChI=1S/C16H17N3O3S2/c1-18-15(22)13-9-3-2-4-10(9)24-14(13)17-16(18)23-8-7-19-11(20)5-6-12(19)21/h2-8H2,1H3. The summed E-state index contributed by atoms with van der Waals surface area (Å²) in [4.78, 5) is 44.0. The number of fused-ring (bicyclic) bond motifs is 3. The molecule has 1 aliphatic heterocycles. The number of imide groups is 1. The molecular weight excluding hydrogens is 346 g/mol. The molecule has 2 aromatic rings. The minimum absolute atomic E-state index is 0.00947. The van der Waals surface area contributed by atoms with Crippen LogP contribution in [0.5, 0.6) is 0 Å². The summed E-state index contributed by atoms with van der Waals surface area (Å²) >= 11 is 3.05.